The van der Waals surface area contributed by atoms with E-state index in [1.807, 2.05) is 0 Å². The zero-order valence-corrected chi connectivity index (χ0v) is 43.0. The van der Waals surface area contributed by atoms with Crippen LogP contribution < -0.4 is 0 Å². The summed E-state index contributed by atoms with van der Waals surface area (Å²) in [6, 6.07) is 0. The quantitative estimate of drug-likeness (QED) is 0.0262. The first-order chi connectivity index (χ1) is 32.0. The maximum Gasteiger partial charge on any atom is 0.306 e. The Labute approximate surface area is 402 Å². The van der Waals surface area contributed by atoms with E-state index in [9.17, 15) is 14.4 Å². The van der Waals surface area contributed by atoms with Gasteiger partial charge in [0.1, 0.15) is 13.2 Å². The Hall–Kier alpha value is -2.89. The third-order valence-corrected chi connectivity index (χ3v) is 12.0. The summed E-state index contributed by atoms with van der Waals surface area (Å²) >= 11 is 0. The molecule has 0 radical (unpaired) electrons. The number of ether oxygens (including phenoxy) is 3. The van der Waals surface area contributed by atoms with Crippen molar-refractivity contribution in [1.29, 1.82) is 0 Å². The Kier molecular flexibility index (Phi) is 51.3. The van der Waals surface area contributed by atoms with Crippen LogP contribution in [0.3, 0.4) is 0 Å². The molecular weight excluding hydrogens is 805 g/mol. The number of unbranched alkanes of at least 4 members (excludes halogenated alkanes) is 29. The minimum Gasteiger partial charge on any atom is -0.462 e. The summed E-state index contributed by atoms with van der Waals surface area (Å²) in [7, 11) is 0. The van der Waals surface area contributed by atoms with Crippen molar-refractivity contribution in [1.82, 2.24) is 0 Å². The first-order valence-corrected chi connectivity index (χ1v) is 27.8. The second kappa shape index (κ2) is 53.7. The summed E-state index contributed by atoms with van der Waals surface area (Å²) in [6.45, 7) is 6.57. The van der Waals surface area contributed by atoms with Crippen molar-refractivity contribution >= 4 is 17.9 Å². The van der Waals surface area contributed by atoms with E-state index < -0.39 is 6.10 Å². The van der Waals surface area contributed by atoms with Crippen LogP contribution in [0, 0.1) is 0 Å². The van der Waals surface area contributed by atoms with Gasteiger partial charge in [-0.3, -0.25) is 14.4 Å². The van der Waals surface area contributed by atoms with Crippen LogP contribution in [0.5, 0.6) is 0 Å². The number of carbonyl (C=O) groups excluding carboxylic acids is 3. The first-order valence-electron chi connectivity index (χ1n) is 27.8. The van der Waals surface area contributed by atoms with Crippen LogP contribution in [-0.2, 0) is 28.6 Å². The maximum atomic E-state index is 12.8. The molecule has 0 spiro atoms. The van der Waals surface area contributed by atoms with Crippen LogP contribution >= 0.6 is 0 Å². The van der Waals surface area contributed by atoms with Gasteiger partial charge < -0.3 is 14.2 Å². The van der Waals surface area contributed by atoms with Crippen LogP contribution in [-0.4, -0.2) is 37.2 Å². The van der Waals surface area contributed by atoms with E-state index in [1.165, 1.54) is 154 Å². The van der Waals surface area contributed by atoms with Gasteiger partial charge >= 0.3 is 17.9 Å². The van der Waals surface area contributed by atoms with Crippen LogP contribution in [0.15, 0.2) is 60.8 Å². The average molecular weight is 909 g/mol. The number of esters is 3. The molecule has 0 aromatic rings. The van der Waals surface area contributed by atoms with Gasteiger partial charge in [-0.25, -0.2) is 0 Å². The topological polar surface area (TPSA) is 78.9 Å². The maximum absolute atomic E-state index is 12.8. The number of allylic oxidation sites excluding steroid dienone is 10. The van der Waals surface area contributed by atoms with Gasteiger partial charge in [0, 0.05) is 19.3 Å². The smallest absolute Gasteiger partial charge is 0.306 e. The van der Waals surface area contributed by atoms with E-state index in [1.54, 1.807) is 0 Å². The summed E-state index contributed by atoms with van der Waals surface area (Å²) in [6.07, 6.45) is 66.4. The molecule has 65 heavy (non-hydrogen) atoms. The van der Waals surface area contributed by atoms with Crippen LogP contribution in [0.4, 0.5) is 0 Å². The van der Waals surface area contributed by atoms with E-state index in [0.29, 0.717) is 19.3 Å². The zero-order chi connectivity index (χ0) is 47.2. The summed E-state index contributed by atoms with van der Waals surface area (Å²) in [5, 5.41) is 0. The third-order valence-electron chi connectivity index (χ3n) is 12.0. The molecule has 376 valence electrons. The minimum atomic E-state index is -0.798. The lowest BCUT2D eigenvalue weighted by Crippen LogP contribution is -2.30. The number of hydrogen-bond donors (Lipinski definition) is 0. The van der Waals surface area contributed by atoms with Crippen molar-refractivity contribution < 1.29 is 28.6 Å². The SMILES string of the molecule is CCCCCC=CCC=CCC=CCC=CCCCC(=O)OC[C@@H](COC(=O)CCCCCCCCCCCCCCCCC)OC(=O)CCCCCCCC=CCCCCCCCC. The number of hydrogen-bond acceptors (Lipinski definition) is 6. The van der Waals surface area contributed by atoms with Gasteiger partial charge in [0.25, 0.3) is 0 Å². The Morgan fingerprint density at radius 2 is 0.569 bits per heavy atom. The molecule has 0 aliphatic heterocycles. The van der Waals surface area contributed by atoms with Crippen molar-refractivity contribution in [2.24, 2.45) is 0 Å². The molecule has 6 nitrogen and oxygen atoms in total. The zero-order valence-electron chi connectivity index (χ0n) is 43.0. The highest BCUT2D eigenvalue weighted by atomic mass is 16.6. The van der Waals surface area contributed by atoms with Crippen molar-refractivity contribution in [3.05, 3.63) is 60.8 Å². The summed E-state index contributed by atoms with van der Waals surface area (Å²) in [5.74, 6) is -0.950. The first kappa shape index (κ1) is 62.1. The van der Waals surface area contributed by atoms with E-state index in [2.05, 4.69) is 81.5 Å². The Bertz CT molecular complexity index is 1180. The largest absolute Gasteiger partial charge is 0.462 e. The molecule has 0 aromatic carbocycles. The second-order valence-electron chi connectivity index (χ2n) is 18.5. The fourth-order valence-corrected chi connectivity index (χ4v) is 7.78. The highest BCUT2D eigenvalue weighted by molar-refractivity contribution is 5.71. The number of carbonyl (C=O) groups is 3. The van der Waals surface area contributed by atoms with Gasteiger partial charge in [-0.1, -0.05) is 236 Å². The molecule has 0 aromatic heterocycles. The van der Waals surface area contributed by atoms with Crippen LogP contribution in [0.2, 0.25) is 0 Å². The highest BCUT2D eigenvalue weighted by Gasteiger charge is 2.19. The molecule has 0 N–H and O–H groups in total. The average Bonchev–Trinajstić information content (AvgIpc) is 3.30. The second-order valence-corrected chi connectivity index (χ2v) is 18.5. The predicted octanol–water partition coefficient (Wildman–Crippen LogP) is 18.4. The van der Waals surface area contributed by atoms with Gasteiger partial charge in [0.15, 0.2) is 6.10 Å². The molecule has 0 bridgehead atoms. The fraction of sp³-hybridized carbons (Fsp3) is 0.780. The molecule has 0 fully saturated rings. The standard InChI is InChI=1S/C59H104O6/c1-4-7-10-13-16-19-22-25-28-29-32-34-37-40-43-46-49-52-58(61)64-55-56(65-59(62)53-50-47-44-41-38-35-31-27-24-21-18-15-12-9-6-3)54-63-57(60)51-48-45-42-39-36-33-30-26-23-20-17-14-11-8-5-2/h16,19,25,27-28,31-32,34,40,43,56H,4-15,17-18,20-24,26,29-30,33,35-39,41-42,44-55H2,1-3H3/t56-/m1/s1. The molecule has 0 rings (SSSR count). The third kappa shape index (κ3) is 51.9. The van der Waals surface area contributed by atoms with Crippen LogP contribution in [0.1, 0.15) is 278 Å². The lowest BCUT2D eigenvalue weighted by Gasteiger charge is -2.18. The van der Waals surface area contributed by atoms with Gasteiger partial charge in [0.05, 0.1) is 0 Å². The highest BCUT2D eigenvalue weighted by Crippen LogP contribution is 2.15. The summed E-state index contributed by atoms with van der Waals surface area (Å²) in [5.41, 5.74) is 0. The van der Waals surface area contributed by atoms with Crippen molar-refractivity contribution in [2.75, 3.05) is 13.2 Å². The molecule has 0 saturated carbocycles. The van der Waals surface area contributed by atoms with E-state index in [-0.39, 0.29) is 37.5 Å². The fourth-order valence-electron chi connectivity index (χ4n) is 7.78. The molecule has 0 aliphatic carbocycles. The predicted molar refractivity (Wildman–Crippen MR) is 279 cm³/mol. The molecule has 0 unspecified atom stereocenters. The molecule has 0 aliphatic rings. The molecular formula is C59H104O6. The number of rotatable bonds is 50. The lowest BCUT2D eigenvalue weighted by atomic mass is 10.0. The Morgan fingerprint density at radius 1 is 0.308 bits per heavy atom. The van der Waals surface area contributed by atoms with Gasteiger partial charge in [-0.05, 0) is 83.5 Å². The Balaban J connectivity index is 4.46. The summed E-state index contributed by atoms with van der Waals surface area (Å²) in [4.78, 5) is 38.1. The van der Waals surface area contributed by atoms with Gasteiger partial charge in [0.2, 0.25) is 0 Å². The lowest BCUT2D eigenvalue weighted by molar-refractivity contribution is -0.167. The van der Waals surface area contributed by atoms with Crippen LogP contribution in [0.25, 0.3) is 0 Å². The van der Waals surface area contributed by atoms with E-state index in [4.69, 9.17) is 14.2 Å². The van der Waals surface area contributed by atoms with Gasteiger partial charge in [-0.2, -0.15) is 0 Å². The van der Waals surface area contributed by atoms with Crippen molar-refractivity contribution in [2.45, 2.75) is 284 Å². The van der Waals surface area contributed by atoms with Crippen molar-refractivity contribution in [3.63, 3.8) is 0 Å². The Morgan fingerprint density at radius 3 is 0.969 bits per heavy atom. The van der Waals surface area contributed by atoms with Crippen molar-refractivity contribution in [3.8, 4) is 0 Å². The van der Waals surface area contributed by atoms with Gasteiger partial charge in [-0.15, -0.1) is 0 Å². The molecule has 0 heterocycles. The monoisotopic (exact) mass is 909 g/mol. The summed E-state index contributed by atoms with van der Waals surface area (Å²) < 4.78 is 16.8. The molecule has 0 amide bonds. The molecule has 0 saturated heterocycles. The molecule has 6 heteroatoms. The van der Waals surface area contributed by atoms with E-state index >= 15 is 0 Å². The molecule has 1 atom stereocenters. The minimum absolute atomic E-state index is 0.0921. The normalized spacial score (nSPS) is 12.5. The van der Waals surface area contributed by atoms with E-state index in [0.717, 1.165) is 77.0 Å².